The molecular weight excluding hydrogens is 701 g/mol. The van der Waals surface area contributed by atoms with Crippen LogP contribution in [-0.2, 0) is 19.1 Å². The number of aromatic amines is 2. The van der Waals surface area contributed by atoms with Crippen LogP contribution < -0.4 is 10.6 Å². The Balaban J connectivity index is 1.10. The van der Waals surface area contributed by atoms with Crippen molar-refractivity contribution in [1.29, 1.82) is 0 Å². The number of carbonyl (C=O) groups is 4. The summed E-state index contributed by atoms with van der Waals surface area (Å²) in [6.07, 6.45) is 5.78. The van der Waals surface area contributed by atoms with Crippen molar-refractivity contribution in [3.05, 3.63) is 72.6 Å². The van der Waals surface area contributed by atoms with Crippen LogP contribution in [0.2, 0.25) is 0 Å². The highest BCUT2D eigenvalue weighted by Gasteiger charge is 2.38. The zero-order valence-corrected chi connectivity index (χ0v) is 32.4. The third-order valence-electron chi connectivity index (χ3n) is 10.8. The fourth-order valence-corrected chi connectivity index (χ4v) is 7.58. The maximum Gasteiger partial charge on any atom is 0.407 e. The Kier molecular flexibility index (Phi) is 12.2. The van der Waals surface area contributed by atoms with Gasteiger partial charge in [-0.05, 0) is 59.8 Å². The maximum atomic E-state index is 13.6. The number of amides is 4. The third kappa shape index (κ3) is 8.68. The highest BCUT2D eigenvalue weighted by Crippen LogP contribution is 2.35. The summed E-state index contributed by atoms with van der Waals surface area (Å²) < 4.78 is 9.46. The number of nitrogens with one attached hydrogen (secondary N) is 4. The smallest absolute Gasteiger partial charge is 0.407 e. The average Bonchev–Trinajstić information content (AvgIpc) is 4.03. The molecule has 55 heavy (non-hydrogen) atoms. The van der Waals surface area contributed by atoms with Crippen molar-refractivity contribution < 1.29 is 28.7 Å². The van der Waals surface area contributed by atoms with Crippen molar-refractivity contribution in [1.82, 2.24) is 40.4 Å². The summed E-state index contributed by atoms with van der Waals surface area (Å²) in [6.45, 7) is 9.23. The Morgan fingerprint density at radius 2 is 1.15 bits per heavy atom. The van der Waals surface area contributed by atoms with Crippen LogP contribution in [0.5, 0.6) is 0 Å². The summed E-state index contributed by atoms with van der Waals surface area (Å²) in [5.74, 6) is 0.924. The number of carbonyl (C=O) groups excluding carboxylic acids is 4. The van der Waals surface area contributed by atoms with E-state index in [0.29, 0.717) is 13.1 Å². The van der Waals surface area contributed by atoms with E-state index in [1.807, 2.05) is 43.7 Å². The number of nitrogens with zero attached hydrogens (tertiary/aromatic N) is 4. The molecule has 2 aromatic carbocycles. The lowest BCUT2D eigenvalue weighted by Gasteiger charge is -2.30. The van der Waals surface area contributed by atoms with Gasteiger partial charge in [0, 0.05) is 19.6 Å². The molecule has 0 aliphatic carbocycles. The van der Waals surface area contributed by atoms with Crippen molar-refractivity contribution in [3.63, 3.8) is 0 Å². The molecular formula is C41H52N8O6. The lowest BCUT2D eigenvalue weighted by atomic mass is 9.94. The molecule has 14 nitrogen and oxygen atoms in total. The van der Waals surface area contributed by atoms with Crippen LogP contribution >= 0.6 is 0 Å². The van der Waals surface area contributed by atoms with E-state index >= 15 is 0 Å². The van der Waals surface area contributed by atoms with E-state index in [-0.39, 0.29) is 48.2 Å². The van der Waals surface area contributed by atoms with Gasteiger partial charge in [-0.3, -0.25) is 9.59 Å². The molecule has 4 N–H and O–H groups in total. The zero-order chi connectivity index (χ0) is 39.2. The van der Waals surface area contributed by atoms with E-state index in [2.05, 4.69) is 74.1 Å². The fourth-order valence-electron chi connectivity index (χ4n) is 7.58. The SMILES string of the molecule is COC(=O)NCC(C(=O)N1CCC[C@H]1c1ncc(-c2ccc(-c3ccc(-c4cnc([C@@H]5CCCN5C(=O)C(NC(=O)OC)C(C)C)[nH]4)cc3)cc2)[nH]1)C(C)C. The van der Waals surface area contributed by atoms with Gasteiger partial charge >= 0.3 is 12.2 Å². The maximum absolute atomic E-state index is 13.6. The molecule has 14 heteroatoms. The van der Waals surface area contributed by atoms with Crippen LogP contribution in [0.3, 0.4) is 0 Å². The normalized spacial score (nSPS) is 18.0. The second-order valence-electron chi connectivity index (χ2n) is 15.0. The van der Waals surface area contributed by atoms with Gasteiger partial charge in [0.1, 0.15) is 17.7 Å². The Bertz CT molecular complexity index is 1950. The number of aromatic nitrogens is 4. The van der Waals surface area contributed by atoms with Gasteiger partial charge in [-0.25, -0.2) is 19.6 Å². The first-order valence-corrected chi connectivity index (χ1v) is 19.1. The number of hydrogen-bond acceptors (Lipinski definition) is 8. The van der Waals surface area contributed by atoms with Gasteiger partial charge in [0.2, 0.25) is 11.8 Å². The second kappa shape index (κ2) is 17.2. The van der Waals surface area contributed by atoms with Crippen molar-refractivity contribution in [3.8, 4) is 33.6 Å². The Labute approximate surface area is 321 Å². The number of H-pyrrole nitrogens is 2. The largest absolute Gasteiger partial charge is 0.453 e. The lowest BCUT2D eigenvalue weighted by Crippen LogP contribution is -2.51. The zero-order valence-electron chi connectivity index (χ0n) is 32.4. The predicted octanol–water partition coefficient (Wildman–Crippen LogP) is 6.47. The first-order valence-electron chi connectivity index (χ1n) is 19.1. The summed E-state index contributed by atoms with van der Waals surface area (Å²) in [5.41, 5.74) is 5.83. The second-order valence-corrected chi connectivity index (χ2v) is 15.0. The number of hydrogen-bond donors (Lipinski definition) is 4. The van der Waals surface area contributed by atoms with Crippen LogP contribution in [0.1, 0.15) is 77.1 Å². The number of likely N-dealkylation sites (tertiary alicyclic amines) is 2. The van der Waals surface area contributed by atoms with E-state index in [4.69, 9.17) is 14.5 Å². The van der Waals surface area contributed by atoms with Crippen LogP contribution in [0.25, 0.3) is 33.6 Å². The van der Waals surface area contributed by atoms with Crippen LogP contribution in [0, 0.1) is 17.8 Å². The Morgan fingerprint density at radius 3 is 1.58 bits per heavy atom. The van der Waals surface area contributed by atoms with E-state index < -0.39 is 18.2 Å². The van der Waals surface area contributed by atoms with Crippen molar-refractivity contribution in [2.45, 2.75) is 71.5 Å². The van der Waals surface area contributed by atoms with Crippen LogP contribution in [-0.4, -0.2) is 93.6 Å². The van der Waals surface area contributed by atoms with Gasteiger partial charge in [-0.1, -0.05) is 76.2 Å². The van der Waals surface area contributed by atoms with Crippen LogP contribution in [0.4, 0.5) is 9.59 Å². The van der Waals surface area contributed by atoms with Crippen molar-refractivity contribution in [2.24, 2.45) is 17.8 Å². The number of imidazole rings is 2. The molecule has 2 aromatic heterocycles. The molecule has 2 aliphatic heterocycles. The summed E-state index contributed by atoms with van der Waals surface area (Å²) in [6, 6.07) is 15.5. The Morgan fingerprint density at radius 1 is 0.691 bits per heavy atom. The molecule has 2 unspecified atom stereocenters. The first-order chi connectivity index (χ1) is 26.5. The number of rotatable bonds is 12. The molecule has 6 rings (SSSR count). The summed E-state index contributed by atoms with van der Waals surface area (Å²) in [4.78, 5) is 70.8. The van der Waals surface area contributed by atoms with Gasteiger partial charge < -0.3 is 39.9 Å². The van der Waals surface area contributed by atoms with Gasteiger partial charge in [-0.2, -0.15) is 0 Å². The van der Waals surface area contributed by atoms with Gasteiger partial charge in [0.05, 0.1) is 56.0 Å². The molecule has 4 aromatic rings. The van der Waals surface area contributed by atoms with E-state index in [1.54, 1.807) is 6.20 Å². The number of benzene rings is 2. The van der Waals surface area contributed by atoms with E-state index in [1.165, 1.54) is 14.2 Å². The highest BCUT2D eigenvalue weighted by atomic mass is 16.5. The summed E-state index contributed by atoms with van der Waals surface area (Å²) >= 11 is 0. The monoisotopic (exact) mass is 752 g/mol. The average molecular weight is 753 g/mol. The van der Waals surface area contributed by atoms with Crippen molar-refractivity contribution >= 4 is 24.0 Å². The van der Waals surface area contributed by atoms with Gasteiger partial charge in [0.25, 0.3) is 0 Å². The van der Waals surface area contributed by atoms with Crippen molar-refractivity contribution in [2.75, 3.05) is 33.9 Å². The van der Waals surface area contributed by atoms with E-state index in [9.17, 15) is 19.2 Å². The summed E-state index contributed by atoms with van der Waals surface area (Å²) in [7, 11) is 2.60. The minimum Gasteiger partial charge on any atom is -0.453 e. The molecule has 2 fully saturated rings. The number of ether oxygens (including phenoxy) is 2. The third-order valence-corrected chi connectivity index (χ3v) is 10.8. The predicted molar refractivity (Wildman–Crippen MR) is 207 cm³/mol. The van der Waals surface area contributed by atoms with Gasteiger partial charge in [-0.15, -0.1) is 0 Å². The molecule has 4 heterocycles. The van der Waals surface area contributed by atoms with E-state index in [0.717, 1.165) is 71.0 Å². The molecule has 2 aliphatic rings. The minimum atomic E-state index is -0.686. The number of alkyl carbamates (subject to hydrolysis) is 2. The highest BCUT2D eigenvalue weighted by molar-refractivity contribution is 5.86. The molecule has 2 saturated heterocycles. The lowest BCUT2D eigenvalue weighted by molar-refractivity contribution is -0.138. The molecule has 0 saturated carbocycles. The number of methoxy groups -OCH3 is 2. The summed E-state index contributed by atoms with van der Waals surface area (Å²) in [5, 5.41) is 5.39. The topological polar surface area (TPSA) is 175 Å². The standard InChI is InChI=1S/C41H52N8O6/c1-24(2)30(21-44-40(52)54-5)38(50)48-19-7-9-33(48)36-42-22-31(45-36)28-15-11-26(12-16-28)27-13-17-29(18-14-27)32-23-43-37(46-32)34-10-8-20-49(34)39(51)35(25(3)4)47-41(53)55-6/h11-18,22-25,30,33-35H,7-10,19-21H2,1-6H3,(H,42,45)(H,43,46)(H,44,52)(H,47,53)/t30?,33-,34-,35?/m0/s1. The quantitative estimate of drug-likeness (QED) is 0.127. The van der Waals surface area contributed by atoms with Gasteiger partial charge in [0.15, 0.2) is 0 Å². The molecule has 4 amide bonds. The molecule has 0 bridgehead atoms. The Hall–Kier alpha value is -5.66. The van der Waals surface area contributed by atoms with Crippen LogP contribution in [0.15, 0.2) is 60.9 Å². The fraction of sp³-hybridized carbons (Fsp3) is 0.463. The minimum absolute atomic E-state index is 0.00813. The molecule has 0 spiro atoms. The first kappa shape index (κ1) is 39.0. The molecule has 0 radical (unpaired) electrons. The molecule has 292 valence electrons. The molecule has 4 atom stereocenters.